The number of anilines is 1. The molecule has 0 bridgehead atoms. The van der Waals surface area contributed by atoms with Crippen LogP contribution in [0.2, 0.25) is 0 Å². The van der Waals surface area contributed by atoms with Gasteiger partial charge in [-0.3, -0.25) is 14.8 Å². The van der Waals surface area contributed by atoms with Gasteiger partial charge in [-0.05, 0) is 49.2 Å². The van der Waals surface area contributed by atoms with Crippen molar-refractivity contribution >= 4 is 11.5 Å². The van der Waals surface area contributed by atoms with Crippen molar-refractivity contribution in [2.75, 3.05) is 31.1 Å². The molecule has 0 radical (unpaired) electrons. The van der Waals surface area contributed by atoms with Crippen LogP contribution in [0, 0.1) is 13.8 Å². The lowest BCUT2D eigenvalue weighted by Crippen LogP contribution is -2.46. The summed E-state index contributed by atoms with van der Waals surface area (Å²) in [6.07, 6.45) is -4.36. The van der Waals surface area contributed by atoms with Crippen LogP contribution in [0.15, 0.2) is 53.3 Å². The number of alkyl halides is 3. The van der Waals surface area contributed by atoms with E-state index in [9.17, 15) is 18.0 Å². The quantitative estimate of drug-likeness (QED) is 0.476. The summed E-state index contributed by atoms with van der Waals surface area (Å²) in [5, 5.41) is 3.03. The fraction of sp³-hybridized carbons (Fsp3) is 0.320. The summed E-state index contributed by atoms with van der Waals surface area (Å²) in [7, 11) is 0. The SMILES string of the molecule is Cc1ccc(-c2nc3nc(CN4CCN(c5cccc(C(F)(F)F)c5)CC4)cc(=O)n3[nH]2)cc1C. The third-order valence-corrected chi connectivity index (χ3v) is 6.46. The number of hydrogen-bond donors (Lipinski definition) is 1. The highest BCUT2D eigenvalue weighted by atomic mass is 19.4. The maximum absolute atomic E-state index is 13.0. The van der Waals surface area contributed by atoms with Crippen LogP contribution in [0.5, 0.6) is 0 Å². The maximum atomic E-state index is 13.0. The molecule has 0 unspecified atom stereocenters. The van der Waals surface area contributed by atoms with Gasteiger partial charge in [0.05, 0.1) is 11.3 Å². The molecule has 0 atom stereocenters. The Morgan fingerprint density at radius 1 is 0.943 bits per heavy atom. The van der Waals surface area contributed by atoms with E-state index in [4.69, 9.17) is 0 Å². The number of fused-ring (bicyclic) bond motifs is 1. The Kier molecular flexibility index (Phi) is 5.84. The van der Waals surface area contributed by atoms with Gasteiger partial charge in [0.25, 0.3) is 11.3 Å². The van der Waals surface area contributed by atoms with E-state index >= 15 is 0 Å². The monoisotopic (exact) mass is 482 g/mol. The first-order valence-electron chi connectivity index (χ1n) is 11.4. The van der Waals surface area contributed by atoms with Crippen molar-refractivity contribution < 1.29 is 13.2 Å². The molecule has 2 aromatic heterocycles. The van der Waals surface area contributed by atoms with Crippen molar-refractivity contribution in [1.29, 1.82) is 0 Å². The Morgan fingerprint density at radius 3 is 2.43 bits per heavy atom. The Bertz CT molecular complexity index is 1430. The molecule has 1 N–H and O–H groups in total. The van der Waals surface area contributed by atoms with Crippen molar-refractivity contribution in [2.24, 2.45) is 0 Å². The molecule has 0 aliphatic carbocycles. The van der Waals surface area contributed by atoms with Gasteiger partial charge in [0.1, 0.15) is 0 Å². The largest absolute Gasteiger partial charge is 0.416 e. The highest BCUT2D eigenvalue weighted by Gasteiger charge is 2.31. The van der Waals surface area contributed by atoms with E-state index in [1.165, 1.54) is 28.3 Å². The minimum absolute atomic E-state index is 0.241. The predicted octanol–water partition coefficient (Wildman–Crippen LogP) is 4.04. The van der Waals surface area contributed by atoms with Gasteiger partial charge < -0.3 is 4.90 Å². The molecule has 7 nitrogen and oxygen atoms in total. The predicted molar refractivity (Wildman–Crippen MR) is 127 cm³/mol. The molecule has 1 fully saturated rings. The summed E-state index contributed by atoms with van der Waals surface area (Å²) in [4.78, 5) is 25.9. The fourth-order valence-electron chi connectivity index (χ4n) is 4.30. The topological polar surface area (TPSA) is 69.5 Å². The Balaban J connectivity index is 1.29. The maximum Gasteiger partial charge on any atom is 0.416 e. The lowest BCUT2D eigenvalue weighted by atomic mass is 10.1. The van der Waals surface area contributed by atoms with Crippen molar-refractivity contribution in [3.8, 4) is 11.4 Å². The smallest absolute Gasteiger partial charge is 0.369 e. The molecule has 2 aromatic carbocycles. The molecule has 1 aliphatic rings. The number of H-pyrrole nitrogens is 1. The molecule has 0 saturated carbocycles. The summed E-state index contributed by atoms with van der Waals surface area (Å²) in [5.41, 5.74) is 3.48. The zero-order chi connectivity index (χ0) is 24.7. The molecule has 10 heteroatoms. The normalized spacial score (nSPS) is 15.2. The van der Waals surface area contributed by atoms with E-state index in [0.717, 1.165) is 17.2 Å². The van der Waals surface area contributed by atoms with E-state index < -0.39 is 11.7 Å². The lowest BCUT2D eigenvalue weighted by Gasteiger charge is -2.36. The molecule has 4 aromatic rings. The molecule has 35 heavy (non-hydrogen) atoms. The third kappa shape index (κ3) is 4.79. The number of benzene rings is 2. The van der Waals surface area contributed by atoms with Crippen LogP contribution in [0.25, 0.3) is 17.2 Å². The molecule has 3 heterocycles. The Hall–Kier alpha value is -3.66. The van der Waals surface area contributed by atoms with Crippen LogP contribution in [0.3, 0.4) is 0 Å². The number of piperazine rings is 1. The van der Waals surface area contributed by atoms with Crippen molar-refractivity contribution in [3.05, 3.63) is 81.3 Å². The molecular formula is C25H25F3N6O. The average molecular weight is 483 g/mol. The second-order valence-electron chi connectivity index (χ2n) is 8.90. The van der Waals surface area contributed by atoms with Crippen molar-refractivity contribution in [2.45, 2.75) is 26.6 Å². The molecule has 1 saturated heterocycles. The first-order valence-corrected chi connectivity index (χ1v) is 11.4. The second-order valence-corrected chi connectivity index (χ2v) is 8.90. The second kappa shape index (κ2) is 8.84. The van der Waals surface area contributed by atoms with E-state index in [1.807, 2.05) is 36.9 Å². The van der Waals surface area contributed by atoms with Crippen LogP contribution in [-0.2, 0) is 12.7 Å². The first-order chi connectivity index (χ1) is 16.7. The van der Waals surface area contributed by atoms with E-state index in [-0.39, 0.29) is 5.56 Å². The number of aromatic amines is 1. The third-order valence-electron chi connectivity index (χ3n) is 6.46. The minimum atomic E-state index is -4.36. The number of nitrogens with one attached hydrogen (secondary N) is 1. The zero-order valence-corrected chi connectivity index (χ0v) is 19.4. The number of aryl methyl sites for hydroxylation is 2. The van der Waals surface area contributed by atoms with Crippen LogP contribution in [-0.4, -0.2) is 50.7 Å². The summed E-state index contributed by atoms with van der Waals surface area (Å²) in [6.45, 7) is 6.99. The molecule has 0 spiro atoms. The summed E-state index contributed by atoms with van der Waals surface area (Å²) < 4.78 is 40.5. The van der Waals surface area contributed by atoms with Gasteiger partial charge in [0.2, 0.25) is 0 Å². The van der Waals surface area contributed by atoms with Gasteiger partial charge in [-0.15, -0.1) is 0 Å². The van der Waals surface area contributed by atoms with Crippen LogP contribution in [0.1, 0.15) is 22.4 Å². The highest BCUT2D eigenvalue weighted by molar-refractivity contribution is 5.59. The molecule has 0 amide bonds. The van der Waals surface area contributed by atoms with Gasteiger partial charge in [-0.1, -0.05) is 18.2 Å². The Morgan fingerprint density at radius 2 is 1.71 bits per heavy atom. The van der Waals surface area contributed by atoms with Crippen LogP contribution < -0.4 is 10.5 Å². The first kappa shape index (κ1) is 23.1. The summed E-state index contributed by atoms with van der Waals surface area (Å²) >= 11 is 0. The lowest BCUT2D eigenvalue weighted by molar-refractivity contribution is -0.137. The van der Waals surface area contributed by atoms with Gasteiger partial charge in [-0.2, -0.15) is 22.7 Å². The number of hydrogen-bond acceptors (Lipinski definition) is 5. The van der Waals surface area contributed by atoms with Gasteiger partial charge in [-0.25, -0.2) is 4.98 Å². The molecular weight excluding hydrogens is 457 g/mol. The summed E-state index contributed by atoms with van der Waals surface area (Å²) in [6, 6.07) is 12.9. The number of nitrogens with zero attached hydrogens (tertiary/aromatic N) is 5. The summed E-state index contributed by atoms with van der Waals surface area (Å²) in [5.74, 6) is 0.882. The van der Waals surface area contributed by atoms with E-state index in [2.05, 4.69) is 20.0 Å². The van der Waals surface area contributed by atoms with Crippen molar-refractivity contribution in [1.82, 2.24) is 24.5 Å². The number of rotatable bonds is 4. The van der Waals surface area contributed by atoms with Crippen LogP contribution in [0.4, 0.5) is 18.9 Å². The van der Waals surface area contributed by atoms with E-state index in [0.29, 0.717) is 55.7 Å². The van der Waals surface area contributed by atoms with Gasteiger partial charge in [0, 0.05) is 50.0 Å². The average Bonchev–Trinajstić information content (AvgIpc) is 3.26. The molecule has 182 valence electrons. The molecule has 1 aliphatic heterocycles. The fourth-order valence-corrected chi connectivity index (χ4v) is 4.30. The zero-order valence-electron chi connectivity index (χ0n) is 19.4. The van der Waals surface area contributed by atoms with Gasteiger partial charge in [0.15, 0.2) is 5.82 Å². The van der Waals surface area contributed by atoms with Crippen LogP contribution >= 0.6 is 0 Å². The highest BCUT2D eigenvalue weighted by Crippen LogP contribution is 2.32. The van der Waals surface area contributed by atoms with Gasteiger partial charge >= 0.3 is 6.18 Å². The van der Waals surface area contributed by atoms with Crippen molar-refractivity contribution in [3.63, 3.8) is 0 Å². The number of aromatic nitrogens is 4. The number of halogens is 3. The van der Waals surface area contributed by atoms with E-state index in [1.54, 1.807) is 6.07 Å². The standard InChI is InChI=1S/C25H25F3N6O/c1-16-6-7-18(12-17(16)2)23-30-24-29-20(14-22(35)34(24)31-23)15-32-8-10-33(11-9-32)21-5-3-4-19(13-21)25(26,27)28/h3-7,12-14H,8-11,15H2,1-2H3,(H,29,30,31). The molecule has 5 rings (SSSR count). The minimum Gasteiger partial charge on any atom is -0.369 e. The Labute approximate surface area is 199 Å².